The summed E-state index contributed by atoms with van der Waals surface area (Å²) in [5.41, 5.74) is -0.527. The topological polar surface area (TPSA) is 62.2 Å². The van der Waals surface area contributed by atoms with E-state index in [0.29, 0.717) is 6.04 Å². The third-order valence-corrected chi connectivity index (χ3v) is 5.45. The smallest absolute Gasteiger partial charge is 0.248 e. The van der Waals surface area contributed by atoms with Crippen LogP contribution in [0.4, 0.5) is 0 Å². The number of hydrogen-bond donors (Lipinski definition) is 2. The molecule has 0 bridgehead atoms. The largest absolute Gasteiger partial charge is 0.352 e. The third-order valence-electron chi connectivity index (χ3n) is 5.45. The highest BCUT2D eigenvalue weighted by Gasteiger charge is 2.42. The van der Waals surface area contributed by atoms with Crippen LogP contribution in [0.2, 0.25) is 0 Å². The van der Waals surface area contributed by atoms with Gasteiger partial charge in [-0.1, -0.05) is 13.3 Å². The van der Waals surface area contributed by atoms with Crippen molar-refractivity contribution in [2.45, 2.75) is 50.6 Å². The van der Waals surface area contributed by atoms with Crippen molar-refractivity contribution in [3.8, 4) is 0 Å². The SMILES string of the molecule is CCN1CCCCC1CNC(=O)C1(n2cccn2)CCNCC1.Cl.Cl. The van der Waals surface area contributed by atoms with Crippen molar-refractivity contribution in [1.82, 2.24) is 25.3 Å². The first kappa shape index (κ1) is 22.2. The molecule has 8 heteroatoms. The van der Waals surface area contributed by atoms with Crippen LogP contribution in [0.5, 0.6) is 0 Å². The van der Waals surface area contributed by atoms with Gasteiger partial charge >= 0.3 is 0 Å². The van der Waals surface area contributed by atoms with E-state index in [2.05, 4.69) is 27.6 Å². The summed E-state index contributed by atoms with van der Waals surface area (Å²) < 4.78 is 1.86. The van der Waals surface area contributed by atoms with Gasteiger partial charge in [0.05, 0.1) is 0 Å². The maximum atomic E-state index is 13.0. The Hall–Kier alpha value is -0.820. The van der Waals surface area contributed by atoms with Crippen LogP contribution in [0.3, 0.4) is 0 Å². The molecule has 2 aliphatic heterocycles. The predicted octanol–water partition coefficient (Wildman–Crippen LogP) is 1.80. The van der Waals surface area contributed by atoms with Crippen LogP contribution in [0.1, 0.15) is 39.0 Å². The quantitative estimate of drug-likeness (QED) is 0.802. The zero-order valence-electron chi connectivity index (χ0n) is 14.9. The minimum atomic E-state index is -0.527. The van der Waals surface area contributed by atoms with Crippen molar-refractivity contribution in [2.75, 3.05) is 32.7 Å². The lowest BCUT2D eigenvalue weighted by Crippen LogP contribution is -2.56. The van der Waals surface area contributed by atoms with Gasteiger partial charge in [0.2, 0.25) is 5.91 Å². The van der Waals surface area contributed by atoms with Gasteiger partial charge in [-0.2, -0.15) is 5.10 Å². The first-order valence-corrected chi connectivity index (χ1v) is 8.99. The predicted molar refractivity (Wildman–Crippen MR) is 105 cm³/mol. The number of carbonyl (C=O) groups excluding carboxylic acids is 1. The molecule has 0 aliphatic carbocycles. The lowest BCUT2D eigenvalue weighted by atomic mass is 9.87. The Morgan fingerprint density at radius 3 is 2.72 bits per heavy atom. The van der Waals surface area contributed by atoms with Gasteiger partial charge < -0.3 is 10.6 Å². The molecule has 3 heterocycles. The van der Waals surface area contributed by atoms with Gasteiger partial charge in [-0.15, -0.1) is 24.8 Å². The summed E-state index contributed by atoms with van der Waals surface area (Å²) >= 11 is 0. The number of nitrogens with zero attached hydrogens (tertiary/aromatic N) is 3. The Morgan fingerprint density at radius 1 is 1.32 bits per heavy atom. The van der Waals surface area contributed by atoms with E-state index < -0.39 is 5.54 Å². The van der Waals surface area contributed by atoms with Crippen molar-refractivity contribution in [3.05, 3.63) is 18.5 Å². The van der Waals surface area contributed by atoms with E-state index in [1.165, 1.54) is 19.3 Å². The maximum absolute atomic E-state index is 13.0. The van der Waals surface area contributed by atoms with Crippen molar-refractivity contribution < 1.29 is 4.79 Å². The number of piperidine rings is 2. The highest BCUT2D eigenvalue weighted by atomic mass is 35.5. The second-order valence-electron chi connectivity index (χ2n) is 6.72. The summed E-state index contributed by atoms with van der Waals surface area (Å²) in [6.45, 7) is 6.90. The molecular formula is C17H31Cl2N5O. The van der Waals surface area contributed by atoms with Gasteiger partial charge in [0, 0.05) is 25.0 Å². The Morgan fingerprint density at radius 2 is 2.08 bits per heavy atom. The van der Waals surface area contributed by atoms with E-state index in [0.717, 1.165) is 45.6 Å². The van der Waals surface area contributed by atoms with Crippen molar-refractivity contribution in [3.63, 3.8) is 0 Å². The molecule has 2 aliphatic rings. The molecule has 2 fully saturated rings. The minimum Gasteiger partial charge on any atom is -0.352 e. The number of aromatic nitrogens is 2. The third kappa shape index (κ3) is 4.88. The van der Waals surface area contributed by atoms with Gasteiger partial charge in [-0.3, -0.25) is 14.4 Å². The average molecular weight is 392 g/mol. The lowest BCUT2D eigenvalue weighted by molar-refractivity contribution is -0.132. The summed E-state index contributed by atoms with van der Waals surface area (Å²) in [5, 5.41) is 11.0. The van der Waals surface area contributed by atoms with Crippen LogP contribution in [-0.4, -0.2) is 59.4 Å². The minimum absolute atomic E-state index is 0. The van der Waals surface area contributed by atoms with Crippen LogP contribution >= 0.6 is 24.8 Å². The van der Waals surface area contributed by atoms with Crippen LogP contribution in [-0.2, 0) is 10.3 Å². The molecule has 0 spiro atoms. The molecule has 1 aromatic heterocycles. The van der Waals surface area contributed by atoms with Gasteiger partial charge in [-0.05, 0) is 57.9 Å². The molecule has 6 nitrogen and oxygen atoms in total. The molecule has 25 heavy (non-hydrogen) atoms. The molecular weight excluding hydrogens is 361 g/mol. The molecule has 1 atom stereocenters. The van der Waals surface area contributed by atoms with E-state index in [4.69, 9.17) is 0 Å². The van der Waals surface area contributed by atoms with Gasteiger partial charge in [0.1, 0.15) is 5.54 Å². The monoisotopic (exact) mass is 391 g/mol. The number of amides is 1. The fourth-order valence-corrected chi connectivity index (χ4v) is 4.01. The Balaban J connectivity index is 0.00000156. The molecule has 2 N–H and O–H groups in total. The second-order valence-corrected chi connectivity index (χ2v) is 6.72. The normalized spacial score (nSPS) is 23.2. The summed E-state index contributed by atoms with van der Waals surface area (Å²) in [6.07, 6.45) is 9.00. The highest BCUT2D eigenvalue weighted by Crippen LogP contribution is 2.27. The van der Waals surface area contributed by atoms with E-state index in [9.17, 15) is 4.79 Å². The molecule has 1 amide bonds. The summed E-state index contributed by atoms with van der Waals surface area (Å²) in [5.74, 6) is 0.129. The molecule has 1 unspecified atom stereocenters. The molecule has 2 saturated heterocycles. The van der Waals surface area contributed by atoms with E-state index in [1.54, 1.807) is 6.20 Å². The van der Waals surface area contributed by atoms with Crippen LogP contribution in [0.25, 0.3) is 0 Å². The van der Waals surface area contributed by atoms with Crippen molar-refractivity contribution in [1.29, 1.82) is 0 Å². The van der Waals surface area contributed by atoms with Gasteiger partial charge in [0.15, 0.2) is 0 Å². The second kappa shape index (κ2) is 10.4. The van der Waals surface area contributed by atoms with Crippen LogP contribution in [0.15, 0.2) is 18.5 Å². The number of hydrogen-bond acceptors (Lipinski definition) is 4. The van der Waals surface area contributed by atoms with Gasteiger partial charge in [-0.25, -0.2) is 0 Å². The van der Waals surface area contributed by atoms with Crippen molar-refractivity contribution >= 4 is 30.7 Å². The molecule has 3 rings (SSSR count). The van der Waals surface area contributed by atoms with Gasteiger partial charge in [0.25, 0.3) is 0 Å². The number of rotatable bonds is 5. The maximum Gasteiger partial charge on any atom is 0.248 e. The number of likely N-dealkylation sites (N-methyl/N-ethyl adjacent to an activating group) is 1. The first-order chi connectivity index (χ1) is 11.3. The fraction of sp³-hybridized carbons (Fsp3) is 0.765. The Labute approximate surface area is 162 Å². The number of halogens is 2. The summed E-state index contributed by atoms with van der Waals surface area (Å²) in [4.78, 5) is 15.5. The standard InChI is InChI=1S/C17H29N5O.2ClH/c1-2-21-12-4-3-6-15(21)14-19-16(23)17(7-10-18-11-8-17)22-13-5-9-20-22;;/h5,9,13,15,18H,2-4,6-8,10-12,14H2,1H3,(H,19,23);2*1H. The zero-order valence-corrected chi connectivity index (χ0v) is 16.6. The average Bonchev–Trinajstić information content (AvgIpc) is 3.15. The molecule has 0 aromatic carbocycles. The summed E-state index contributed by atoms with van der Waals surface area (Å²) in [7, 11) is 0. The molecule has 0 radical (unpaired) electrons. The molecule has 144 valence electrons. The number of likely N-dealkylation sites (tertiary alicyclic amines) is 1. The molecule has 1 aromatic rings. The lowest BCUT2D eigenvalue weighted by Gasteiger charge is -2.38. The number of carbonyl (C=O) groups is 1. The summed E-state index contributed by atoms with van der Waals surface area (Å²) in [6, 6.07) is 2.38. The Bertz CT molecular complexity index is 505. The molecule has 0 saturated carbocycles. The number of nitrogens with one attached hydrogen (secondary N) is 2. The zero-order chi connectivity index (χ0) is 16.1. The first-order valence-electron chi connectivity index (χ1n) is 8.99. The van der Waals surface area contributed by atoms with Crippen LogP contribution in [0, 0.1) is 0 Å². The van der Waals surface area contributed by atoms with Crippen LogP contribution < -0.4 is 10.6 Å². The Kier molecular flexibility index (Phi) is 9.21. The fourth-order valence-electron chi connectivity index (χ4n) is 4.01. The van der Waals surface area contributed by atoms with E-state index in [1.807, 2.05) is 16.9 Å². The van der Waals surface area contributed by atoms with E-state index in [-0.39, 0.29) is 30.7 Å². The van der Waals surface area contributed by atoms with E-state index >= 15 is 0 Å². The van der Waals surface area contributed by atoms with Crippen molar-refractivity contribution in [2.24, 2.45) is 0 Å². The highest BCUT2D eigenvalue weighted by molar-refractivity contribution is 5.85.